The van der Waals surface area contributed by atoms with E-state index in [1.807, 2.05) is 6.92 Å². The second-order valence-corrected chi connectivity index (χ2v) is 6.97. The fraction of sp³-hybridized carbons (Fsp3) is 0.650. The van der Waals surface area contributed by atoms with Gasteiger partial charge in [0.2, 0.25) is 0 Å². The molecule has 3 nitrogen and oxygen atoms in total. The summed E-state index contributed by atoms with van der Waals surface area (Å²) in [6.07, 6.45) is 8.09. The standard InChI is InChI=1S/C20H29NO2/c1-2-23-20(22)13-19(15-6-4-3-5-7-15)17-8-9-18-14-21-11-10-16(18)12-17/h8-9,12,15,19,21H,2-7,10-11,13-14H2,1H3. The molecule has 0 radical (unpaired) electrons. The molecule has 0 bridgehead atoms. The van der Waals surface area contributed by atoms with Gasteiger partial charge >= 0.3 is 5.97 Å². The second-order valence-electron chi connectivity index (χ2n) is 6.97. The van der Waals surface area contributed by atoms with Crippen LogP contribution < -0.4 is 5.32 Å². The van der Waals surface area contributed by atoms with Gasteiger partial charge in [0.1, 0.15) is 0 Å². The lowest BCUT2D eigenvalue weighted by Crippen LogP contribution is -2.25. The van der Waals surface area contributed by atoms with Crippen LogP contribution in [0.15, 0.2) is 18.2 Å². The van der Waals surface area contributed by atoms with Gasteiger partial charge in [0.15, 0.2) is 0 Å². The molecule has 126 valence electrons. The second kappa shape index (κ2) is 7.96. The zero-order chi connectivity index (χ0) is 16.1. The minimum absolute atomic E-state index is 0.0394. The Kier molecular flexibility index (Phi) is 5.71. The van der Waals surface area contributed by atoms with Gasteiger partial charge in [-0.05, 0) is 61.3 Å². The van der Waals surface area contributed by atoms with E-state index in [0.717, 1.165) is 19.5 Å². The van der Waals surface area contributed by atoms with Crippen molar-refractivity contribution in [1.82, 2.24) is 5.32 Å². The summed E-state index contributed by atoms with van der Waals surface area (Å²) in [5, 5.41) is 3.43. The topological polar surface area (TPSA) is 38.3 Å². The molecule has 23 heavy (non-hydrogen) atoms. The van der Waals surface area contributed by atoms with Gasteiger partial charge in [-0.1, -0.05) is 37.5 Å². The van der Waals surface area contributed by atoms with Crippen molar-refractivity contribution in [3.8, 4) is 0 Å². The summed E-state index contributed by atoms with van der Waals surface area (Å²) in [5.74, 6) is 0.921. The summed E-state index contributed by atoms with van der Waals surface area (Å²) in [5.41, 5.74) is 4.23. The lowest BCUT2D eigenvalue weighted by atomic mass is 9.74. The highest BCUT2D eigenvalue weighted by Crippen LogP contribution is 2.39. The van der Waals surface area contributed by atoms with E-state index < -0.39 is 0 Å². The Morgan fingerprint density at radius 1 is 1.26 bits per heavy atom. The van der Waals surface area contributed by atoms with Crippen LogP contribution in [0, 0.1) is 5.92 Å². The number of benzene rings is 1. The van der Waals surface area contributed by atoms with Gasteiger partial charge in [0.05, 0.1) is 13.0 Å². The van der Waals surface area contributed by atoms with Crippen molar-refractivity contribution in [2.75, 3.05) is 13.2 Å². The van der Waals surface area contributed by atoms with Gasteiger partial charge in [-0.2, -0.15) is 0 Å². The minimum atomic E-state index is -0.0394. The number of hydrogen-bond acceptors (Lipinski definition) is 3. The van der Waals surface area contributed by atoms with Crippen LogP contribution in [-0.4, -0.2) is 19.1 Å². The van der Waals surface area contributed by atoms with E-state index in [2.05, 4.69) is 23.5 Å². The molecular weight excluding hydrogens is 286 g/mol. The van der Waals surface area contributed by atoms with Crippen LogP contribution in [0.3, 0.4) is 0 Å². The molecule has 3 rings (SSSR count). The molecule has 1 aromatic rings. The third-order valence-electron chi connectivity index (χ3n) is 5.46. The third-order valence-corrected chi connectivity index (χ3v) is 5.46. The number of carbonyl (C=O) groups excluding carboxylic acids is 1. The summed E-state index contributed by atoms with van der Waals surface area (Å²) >= 11 is 0. The molecule has 0 aromatic heterocycles. The molecule has 1 N–H and O–H groups in total. The smallest absolute Gasteiger partial charge is 0.306 e. The first-order chi connectivity index (χ1) is 11.3. The number of ether oxygens (including phenoxy) is 1. The lowest BCUT2D eigenvalue weighted by Gasteiger charge is -2.31. The van der Waals surface area contributed by atoms with Crippen molar-refractivity contribution in [1.29, 1.82) is 0 Å². The van der Waals surface area contributed by atoms with Gasteiger partial charge in [-0.15, -0.1) is 0 Å². The average molecular weight is 315 g/mol. The maximum Gasteiger partial charge on any atom is 0.306 e. The van der Waals surface area contributed by atoms with Crippen LogP contribution in [0.1, 0.15) is 68.1 Å². The quantitative estimate of drug-likeness (QED) is 0.836. The van der Waals surface area contributed by atoms with Crippen LogP contribution in [0.5, 0.6) is 0 Å². The number of rotatable bonds is 5. The molecule has 2 aliphatic rings. The van der Waals surface area contributed by atoms with E-state index in [-0.39, 0.29) is 5.97 Å². The zero-order valence-corrected chi connectivity index (χ0v) is 14.3. The SMILES string of the molecule is CCOC(=O)CC(c1ccc2c(c1)CCNC2)C1CCCCC1. The van der Waals surface area contributed by atoms with Gasteiger partial charge in [-0.25, -0.2) is 0 Å². The maximum atomic E-state index is 12.1. The van der Waals surface area contributed by atoms with Crippen LogP contribution in [0.2, 0.25) is 0 Å². The Balaban J connectivity index is 1.82. The molecule has 1 atom stereocenters. The molecular formula is C20H29NO2. The number of fused-ring (bicyclic) bond motifs is 1. The molecule has 3 heteroatoms. The molecule has 1 aliphatic heterocycles. The Hall–Kier alpha value is -1.35. The van der Waals surface area contributed by atoms with E-state index in [4.69, 9.17) is 4.74 Å². The first-order valence-corrected chi connectivity index (χ1v) is 9.26. The molecule has 1 heterocycles. The molecule has 1 fully saturated rings. The van der Waals surface area contributed by atoms with Gasteiger partial charge in [-0.3, -0.25) is 4.79 Å². The normalized spacial score (nSPS) is 19.9. The Morgan fingerprint density at radius 3 is 2.87 bits per heavy atom. The van der Waals surface area contributed by atoms with Crippen LogP contribution in [-0.2, 0) is 22.5 Å². The third kappa shape index (κ3) is 4.14. The zero-order valence-electron chi connectivity index (χ0n) is 14.3. The number of esters is 1. The monoisotopic (exact) mass is 315 g/mol. The maximum absolute atomic E-state index is 12.1. The molecule has 1 aliphatic carbocycles. The molecule has 1 aromatic carbocycles. The van der Waals surface area contributed by atoms with Gasteiger partial charge in [0.25, 0.3) is 0 Å². The largest absolute Gasteiger partial charge is 0.466 e. The van der Waals surface area contributed by atoms with E-state index in [1.54, 1.807) is 0 Å². The van der Waals surface area contributed by atoms with E-state index in [9.17, 15) is 4.79 Å². The first kappa shape index (κ1) is 16.5. The summed E-state index contributed by atoms with van der Waals surface area (Å²) in [7, 11) is 0. The van der Waals surface area contributed by atoms with E-state index in [0.29, 0.717) is 24.9 Å². The average Bonchev–Trinajstić information content (AvgIpc) is 2.60. The molecule has 0 spiro atoms. The first-order valence-electron chi connectivity index (χ1n) is 9.26. The highest BCUT2D eigenvalue weighted by Gasteiger charge is 2.28. The van der Waals surface area contributed by atoms with Crippen LogP contribution in [0.4, 0.5) is 0 Å². The van der Waals surface area contributed by atoms with Gasteiger partial charge < -0.3 is 10.1 Å². The summed E-state index contributed by atoms with van der Waals surface area (Å²) in [6, 6.07) is 6.89. The fourth-order valence-electron chi connectivity index (χ4n) is 4.22. The fourth-order valence-corrected chi connectivity index (χ4v) is 4.22. The minimum Gasteiger partial charge on any atom is -0.466 e. The van der Waals surface area contributed by atoms with E-state index >= 15 is 0 Å². The molecule has 0 saturated heterocycles. The Labute approximate surface area is 139 Å². The van der Waals surface area contributed by atoms with Crippen molar-refractivity contribution in [3.05, 3.63) is 34.9 Å². The lowest BCUT2D eigenvalue weighted by molar-refractivity contribution is -0.144. The molecule has 1 unspecified atom stereocenters. The predicted molar refractivity (Wildman–Crippen MR) is 92.4 cm³/mol. The van der Waals surface area contributed by atoms with Crippen molar-refractivity contribution >= 4 is 5.97 Å². The predicted octanol–water partition coefficient (Wildman–Crippen LogP) is 3.95. The molecule has 0 amide bonds. The number of nitrogens with one attached hydrogen (secondary N) is 1. The number of hydrogen-bond donors (Lipinski definition) is 1. The highest BCUT2D eigenvalue weighted by molar-refractivity contribution is 5.70. The van der Waals surface area contributed by atoms with Crippen molar-refractivity contribution in [3.63, 3.8) is 0 Å². The molecule has 1 saturated carbocycles. The van der Waals surface area contributed by atoms with E-state index in [1.165, 1.54) is 48.8 Å². The van der Waals surface area contributed by atoms with Crippen molar-refractivity contribution < 1.29 is 9.53 Å². The Morgan fingerprint density at radius 2 is 2.09 bits per heavy atom. The highest BCUT2D eigenvalue weighted by atomic mass is 16.5. The van der Waals surface area contributed by atoms with Crippen molar-refractivity contribution in [2.45, 2.75) is 64.3 Å². The summed E-state index contributed by atoms with van der Waals surface area (Å²) in [4.78, 5) is 12.1. The van der Waals surface area contributed by atoms with Crippen molar-refractivity contribution in [2.24, 2.45) is 5.92 Å². The summed E-state index contributed by atoms with van der Waals surface area (Å²) < 4.78 is 5.25. The number of carbonyl (C=O) groups is 1. The summed E-state index contributed by atoms with van der Waals surface area (Å²) in [6.45, 7) is 4.40. The van der Waals surface area contributed by atoms with Crippen LogP contribution in [0.25, 0.3) is 0 Å². The van der Waals surface area contributed by atoms with Gasteiger partial charge in [0, 0.05) is 6.54 Å². The van der Waals surface area contributed by atoms with Crippen LogP contribution >= 0.6 is 0 Å². The Bertz CT molecular complexity index is 534.